The van der Waals surface area contributed by atoms with Gasteiger partial charge in [-0.05, 0) is 6.07 Å². The van der Waals surface area contributed by atoms with Gasteiger partial charge in [-0.1, -0.05) is 18.2 Å². The minimum atomic E-state index is -2.57. The van der Waals surface area contributed by atoms with Crippen molar-refractivity contribution in [3.8, 4) is 0 Å². The highest BCUT2D eigenvalue weighted by atomic mass is 19.3. The summed E-state index contributed by atoms with van der Waals surface area (Å²) < 4.78 is 31.5. The van der Waals surface area contributed by atoms with Gasteiger partial charge in [-0.2, -0.15) is 5.10 Å². The molecule has 0 spiro atoms. The number of halogens is 2. The highest BCUT2D eigenvalue weighted by molar-refractivity contribution is 5.82. The zero-order valence-electron chi connectivity index (χ0n) is 11.7. The molecule has 1 amide bonds. The van der Waals surface area contributed by atoms with Crippen molar-refractivity contribution in [1.29, 1.82) is 0 Å². The largest absolute Gasteiger partial charge is 0.383 e. The first-order valence-electron chi connectivity index (χ1n) is 6.57. The number of hydrogen-bond donors (Lipinski definition) is 0. The van der Waals surface area contributed by atoms with Crippen LogP contribution in [0.5, 0.6) is 0 Å². The fourth-order valence-corrected chi connectivity index (χ4v) is 2.07. The molecule has 1 aromatic carbocycles. The maximum atomic E-state index is 12.5. The minimum absolute atomic E-state index is 0.0655. The molecule has 2 aromatic rings. The van der Waals surface area contributed by atoms with E-state index in [1.807, 2.05) is 24.3 Å². The number of rotatable bonds is 7. The molecule has 0 radical (unpaired) electrons. The summed E-state index contributed by atoms with van der Waals surface area (Å²) in [5.41, 5.74) is 0.801. The van der Waals surface area contributed by atoms with Crippen LogP contribution in [0.4, 0.5) is 8.78 Å². The molecule has 0 aliphatic carbocycles. The molecule has 0 saturated carbocycles. The van der Waals surface area contributed by atoms with E-state index in [0.717, 1.165) is 15.8 Å². The molecule has 114 valence electrons. The second-order valence-electron chi connectivity index (χ2n) is 4.58. The first-order valence-corrected chi connectivity index (χ1v) is 6.57. The van der Waals surface area contributed by atoms with Crippen LogP contribution < -0.4 is 0 Å². The summed E-state index contributed by atoms with van der Waals surface area (Å²) in [7, 11) is 1.46. The van der Waals surface area contributed by atoms with Crippen molar-refractivity contribution in [2.75, 3.05) is 26.8 Å². The maximum Gasteiger partial charge on any atom is 0.255 e. The van der Waals surface area contributed by atoms with Crippen LogP contribution in [-0.2, 0) is 16.1 Å². The Morgan fingerprint density at radius 3 is 2.90 bits per heavy atom. The van der Waals surface area contributed by atoms with Gasteiger partial charge in [-0.3, -0.25) is 9.48 Å². The Morgan fingerprint density at radius 1 is 1.43 bits per heavy atom. The van der Waals surface area contributed by atoms with Gasteiger partial charge in [-0.25, -0.2) is 8.78 Å². The van der Waals surface area contributed by atoms with Crippen molar-refractivity contribution < 1.29 is 18.3 Å². The van der Waals surface area contributed by atoms with Gasteiger partial charge in [-0.15, -0.1) is 0 Å². The standard InChI is InChI=1S/C14H17F2N3O2/c1-21-7-6-18(9-13(15)16)14(20)10-19-12-5-3-2-4-11(12)8-17-19/h2-5,8,13H,6-7,9-10H2,1H3. The van der Waals surface area contributed by atoms with Crippen LogP contribution in [0.15, 0.2) is 30.5 Å². The second-order valence-corrected chi connectivity index (χ2v) is 4.58. The van der Waals surface area contributed by atoms with Crippen LogP contribution in [0.25, 0.3) is 10.9 Å². The van der Waals surface area contributed by atoms with E-state index in [1.54, 1.807) is 6.20 Å². The number of methoxy groups -OCH3 is 1. The van der Waals surface area contributed by atoms with Gasteiger partial charge in [0.1, 0.15) is 6.54 Å². The Balaban J connectivity index is 2.10. The van der Waals surface area contributed by atoms with Crippen LogP contribution in [0.3, 0.4) is 0 Å². The van der Waals surface area contributed by atoms with Crippen LogP contribution in [0.1, 0.15) is 0 Å². The number of para-hydroxylation sites is 1. The molecule has 0 saturated heterocycles. The first kappa shape index (κ1) is 15.4. The van der Waals surface area contributed by atoms with Gasteiger partial charge in [0.15, 0.2) is 0 Å². The molecular formula is C14H17F2N3O2. The van der Waals surface area contributed by atoms with Gasteiger partial charge in [0.25, 0.3) is 6.43 Å². The zero-order chi connectivity index (χ0) is 15.2. The van der Waals surface area contributed by atoms with E-state index in [1.165, 1.54) is 11.8 Å². The van der Waals surface area contributed by atoms with Crippen LogP contribution >= 0.6 is 0 Å². The molecule has 0 atom stereocenters. The molecule has 0 unspecified atom stereocenters. The molecule has 7 heteroatoms. The Labute approximate surface area is 121 Å². The number of carbonyl (C=O) groups is 1. The van der Waals surface area contributed by atoms with Crippen molar-refractivity contribution in [3.63, 3.8) is 0 Å². The number of nitrogens with zero attached hydrogens (tertiary/aromatic N) is 3. The van der Waals surface area contributed by atoms with E-state index in [0.29, 0.717) is 0 Å². The smallest absolute Gasteiger partial charge is 0.255 e. The van der Waals surface area contributed by atoms with E-state index < -0.39 is 18.9 Å². The van der Waals surface area contributed by atoms with Crippen LogP contribution in [-0.4, -0.2) is 53.8 Å². The third-order valence-corrected chi connectivity index (χ3v) is 3.11. The Bertz CT molecular complexity index is 601. The topological polar surface area (TPSA) is 47.4 Å². The summed E-state index contributed by atoms with van der Waals surface area (Å²) in [6.07, 6.45) is -0.921. The molecular weight excluding hydrogens is 280 g/mol. The number of alkyl halides is 2. The van der Waals surface area contributed by atoms with Crippen molar-refractivity contribution in [1.82, 2.24) is 14.7 Å². The fourth-order valence-electron chi connectivity index (χ4n) is 2.07. The zero-order valence-corrected chi connectivity index (χ0v) is 11.7. The summed E-state index contributed by atoms with van der Waals surface area (Å²) in [5.74, 6) is -0.402. The summed E-state index contributed by atoms with van der Waals surface area (Å²) in [5, 5.41) is 5.03. The summed E-state index contributed by atoms with van der Waals surface area (Å²) >= 11 is 0. The normalized spacial score (nSPS) is 11.2. The molecule has 5 nitrogen and oxygen atoms in total. The van der Waals surface area contributed by atoms with Crippen LogP contribution in [0.2, 0.25) is 0 Å². The number of benzene rings is 1. The van der Waals surface area contributed by atoms with E-state index in [-0.39, 0.29) is 19.7 Å². The number of ether oxygens (including phenoxy) is 1. The molecule has 0 fully saturated rings. The third-order valence-electron chi connectivity index (χ3n) is 3.11. The predicted molar refractivity (Wildman–Crippen MR) is 74.2 cm³/mol. The van der Waals surface area contributed by atoms with Gasteiger partial charge in [0, 0.05) is 19.0 Å². The lowest BCUT2D eigenvalue weighted by atomic mass is 10.2. The predicted octanol–water partition coefficient (Wildman–Crippen LogP) is 1.78. The molecule has 21 heavy (non-hydrogen) atoms. The highest BCUT2D eigenvalue weighted by Gasteiger charge is 2.19. The van der Waals surface area contributed by atoms with Gasteiger partial charge in [0.2, 0.25) is 5.91 Å². The summed E-state index contributed by atoms with van der Waals surface area (Å²) in [4.78, 5) is 13.3. The minimum Gasteiger partial charge on any atom is -0.383 e. The number of fused-ring (bicyclic) bond motifs is 1. The van der Waals surface area contributed by atoms with E-state index in [4.69, 9.17) is 4.74 Å². The molecule has 1 aromatic heterocycles. The Morgan fingerprint density at radius 2 is 2.19 bits per heavy atom. The van der Waals surface area contributed by atoms with E-state index in [9.17, 15) is 13.6 Å². The van der Waals surface area contributed by atoms with Gasteiger partial charge >= 0.3 is 0 Å². The van der Waals surface area contributed by atoms with Crippen molar-refractivity contribution >= 4 is 16.8 Å². The third kappa shape index (κ3) is 3.98. The Hall–Kier alpha value is -2.02. The number of hydrogen-bond acceptors (Lipinski definition) is 3. The average Bonchev–Trinajstić information content (AvgIpc) is 2.86. The second kappa shape index (κ2) is 7.12. The maximum absolute atomic E-state index is 12.5. The van der Waals surface area contributed by atoms with Gasteiger partial charge in [0.05, 0.1) is 24.9 Å². The quantitative estimate of drug-likeness (QED) is 0.782. The number of carbonyl (C=O) groups excluding carboxylic acids is 1. The van der Waals surface area contributed by atoms with E-state index >= 15 is 0 Å². The number of amides is 1. The molecule has 0 aliphatic heterocycles. The lowest BCUT2D eigenvalue weighted by Gasteiger charge is -2.22. The highest BCUT2D eigenvalue weighted by Crippen LogP contribution is 2.13. The van der Waals surface area contributed by atoms with E-state index in [2.05, 4.69) is 5.10 Å². The Kier molecular flexibility index (Phi) is 5.21. The summed E-state index contributed by atoms with van der Waals surface area (Å²) in [6, 6.07) is 7.43. The van der Waals surface area contributed by atoms with Crippen molar-refractivity contribution in [3.05, 3.63) is 30.5 Å². The lowest BCUT2D eigenvalue weighted by molar-refractivity contribution is -0.134. The monoisotopic (exact) mass is 297 g/mol. The lowest BCUT2D eigenvalue weighted by Crippen LogP contribution is -2.39. The molecule has 0 bridgehead atoms. The average molecular weight is 297 g/mol. The fraction of sp³-hybridized carbons (Fsp3) is 0.429. The summed E-state index contributed by atoms with van der Waals surface area (Å²) in [6.45, 7) is -0.303. The van der Waals surface area contributed by atoms with Crippen molar-refractivity contribution in [2.45, 2.75) is 13.0 Å². The molecule has 0 aliphatic rings. The molecule has 0 N–H and O–H groups in total. The van der Waals surface area contributed by atoms with Gasteiger partial charge < -0.3 is 9.64 Å². The number of aromatic nitrogens is 2. The first-order chi connectivity index (χ1) is 10.1. The van der Waals surface area contributed by atoms with Crippen LogP contribution in [0, 0.1) is 0 Å². The molecule has 2 rings (SSSR count). The molecule has 1 heterocycles. The SMILES string of the molecule is COCCN(CC(F)F)C(=O)Cn1ncc2ccccc21. The van der Waals surface area contributed by atoms with Crippen molar-refractivity contribution in [2.24, 2.45) is 0 Å².